The first-order valence-electron chi connectivity index (χ1n) is 6.06. The molecule has 94 valence electrons. The van der Waals surface area contributed by atoms with Crippen molar-refractivity contribution in [1.82, 2.24) is 10.2 Å². The molecule has 0 saturated heterocycles. The Kier molecular flexibility index (Phi) is 5.70. The Bertz CT molecular complexity index is 335. The SMILES string of the molecule is CC(CC(=O)NCCN(C)C)c1ccccc1. The van der Waals surface area contributed by atoms with Crippen LogP contribution >= 0.6 is 0 Å². The van der Waals surface area contributed by atoms with Gasteiger partial charge in [0, 0.05) is 19.5 Å². The molecule has 1 rings (SSSR count). The summed E-state index contributed by atoms with van der Waals surface area (Å²) < 4.78 is 0. The van der Waals surface area contributed by atoms with Crippen LogP contribution in [-0.4, -0.2) is 38.0 Å². The van der Waals surface area contributed by atoms with Gasteiger partial charge >= 0.3 is 0 Å². The van der Waals surface area contributed by atoms with Gasteiger partial charge < -0.3 is 10.2 Å². The van der Waals surface area contributed by atoms with E-state index in [1.54, 1.807) is 0 Å². The summed E-state index contributed by atoms with van der Waals surface area (Å²) in [6, 6.07) is 10.1. The van der Waals surface area contributed by atoms with Gasteiger partial charge in [-0.25, -0.2) is 0 Å². The molecule has 3 heteroatoms. The van der Waals surface area contributed by atoms with E-state index in [1.807, 2.05) is 32.3 Å². The van der Waals surface area contributed by atoms with E-state index in [-0.39, 0.29) is 11.8 Å². The van der Waals surface area contributed by atoms with Crippen molar-refractivity contribution in [2.45, 2.75) is 19.3 Å². The van der Waals surface area contributed by atoms with Crippen LogP contribution in [0, 0.1) is 0 Å². The number of likely N-dealkylation sites (N-methyl/N-ethyl adjacent to an activating group) is 1. The first-order chi connectivity index (χ1) is 8.09. The summed E-state index contributed by atoms with van der Waals surface area (Å²) in [5, 5.41) is 2.93. The number of benzene rings is 1. The van der Waals surface area contributed by atoms with Gasteiger partial charge in [0.05, 0.1) is 0 Å². The average Bonchev–Trinajstić information content (AvgIpc) is 2.29. The summed E-state index contributed by atoms with van der Waals surface area (Å²) in [7, 11) is 4.00. The molecule has 1 amide bonds. The quantitative estimate of drug-likeness (QED) is 0.815. The van der Waals surface area contributed by atoms with E-state index in [9.17, 15) is 4.79 Å². The summed E-state index contributed by atoms with van der Waals surface area (Å²) in [6.07, 6.45) is 0.553. The number of rotatable bonds is 6. The summed E-state index contributed by atoms with van der Waals surface area (Å²) >= 11 is 0. The van der Waals surface area contributed by atoms with Gasteiger partial charge in [-0.05, 0) is 25.6 Å². The van der Waals surface area contributed by atoms with E-state index in [0.717, 1.165) is 6.54 Å². The third kappa shape index (κ3) is 5.50. The van der Waals surface area contributed by atoms with Crippen molar-refractivity contribution in [2.75, 3.05) is 27.2 Å². The fourth-order valence-corrected chi connectivity index (χ4v) is 1.67. The predicted octanol–water partition coefficient (Wildman–Crippen LogP) is 1.86. The Morgan fingerprint density at radius 2 is 1.94 bits per heavy atom. The van der Waals surface area contributed by atoms with Crippen molar-refractivity contribution >= 4 is 5.91 Å². The number of carbonyl (C=O) groups is 1. The highest BCUT2D eigenvalue weighted by Crippen LogP contribution is 2.17. The lowest BCUT2D eigenvalue weighted by molar-refractivity contribution is -0.121. The van der Waals surface area contributed by atoms with Crippen molar-refractivity contribution in [1.29, 1.82) is 0 Å². The van der Waals surface area contributed by atoms with Crippen LogP contribution in [-0.2, 0) is 4.79 Å². The maximum atomic E-state index is 11.7. The molecule has 0 spiro atoms. The van der Waals surface area contributed by atoms with Crippen molar-refractivity contribution in [2.24, 2.45) is 0 Å². The van der Waals surface area contributed by atoms with Crippen LogP contribution in [0.25, 0.3) is 0 Å². The van der Waals surface area contributed by atoms with Crippen LogP contribution in [0.2, 0.25) is 0 Å². The van der Waals surface area contributed by atoms with E-state index in [1.165, 1.54) is 5.56 Å². The molecule has 1 aromatic rings. The zero-order chi connectivity index (χ0) is 12.7. The van der Waals surface area contributed by atoms with Crippen molar-refractivity contribution in [3.8, 4) is 0 Å². The molecule has 1 N–H and O–H groups in total. The van der Waals surface area contributed by atoms with Crippen LogP contribution in [0.5, 0.6) is 0 Å². The first kappa shape index (κ1) is 13.7. The molecule has 0 aliphatic rings. The molecule has 1 aromatic carbocycles. The predicted molar refractivity (Wildman–Crippen MR) is 71.0 cm³/mol. The number of carbonyl (C=O) groups excluding carboxylic acids is 1. The minimum Gasteiger partial charge on any atom is -0.355 e. The second kappa shape index (κ2) is 7.07. The number of nitrogens with zero attached hydrogens (tertiary/aromatic N) is 1. The van der Waals surface area contributed by atoms with E-state index < -0.39 is 0 Å². The van der Waals surface area contributed by atoms with E-state index in [4.69, 9.17) is 0 Å². The van der Waals surface area contributed by atoms with Gasteiger partial charge in [0.2, 0.25) is 5.91 Å². The van der Waals surface area contributed by atoms with Gasteiger partial charge in [-0.1, -0.05) is 37.3 Å². The van der Waals surface area contributed by atoms with Gasteiger partial charge in [-0.2, -0.15) is 0 Å². The molecular formula is C14H22N2O. The molecule has 17 heavy (non-hydrogen) atoms. The Morgan fingerprint density at radius 3 is 2.53 bits per heavy atom. The van der Waals surface area contributed by atoms with Gasteiger partial charge in [0.15, 0.2) is 0 Å². The number of amides is 1. The van der Waals surface area contributed by atoms with Crippen LogP contribution in [0.4, 0.5) is 0 Å². The molecule has 0 saturated carbocycles. The van der Waals surface area contributed by atoms with Crippen LogP contribution in [0.15, 0.2) is 30.3 Å². The highest BCUT2D eigenvalue weighted by molar-refractivity contribution is 5.76. The highest BCUT2D eigenvalue weighted by atomic mass is 16.1. The third-order valence-electron chi connectivity index (χ3n) is 2.74. The monoisotopic (exact) mass is 234 g/mol. The molecule has 0 radical (unpaired) electrons. The van der Waals surface area contributed by atoms with E-state index in [2.05, 4.69) is 29.3 Å². The second-order valence-corrected chi connectivity index (χ2v) is 4.67. The van der Waals surface area contributed by atoms with Crippen LogP contribution in [0.3, 0.4) is 0 Å². The fraction of sp³-hybridized carbons (Fsp3) is 0.500. The molecule has 0 aliphatic heterocycles. The standard InChI is InChI=1S/C14H22N2O/c1-12(13-7-5-4-6-8-13)11-14(17)15-9-10-16(2)3/h4-8,12H,9-11H2,1-3H3,(H,15,17). The normalized spacial score (nSPS) is 12.5. The zero-order valence-corrected chi connectivity index (χ0v) is 10.9. The van der Waals surface area contributed by atoms with Gasteiger partial charge in [-0.15, -0.1) is 0 Å². The third-order valence-corrected chi connectivity index (χ3v) is 2.74. The molecule has 1 atom stereocenters. The zero-order valence-electron chi connectivity index (χ0n) is 10.9. The highest BCUT2D eigenvalue weighted by Gasteiger charge is 2.10. The maximum absolute atomic E-state index is 11.7. The summed E-state index contributed by atoms with van der Waals surface area (Å²) in [5.41, 5.74) is 1.22. The Hall–Kier alpha value is -1.35. The Balaban J connectivity index is 2.31. The summed E-state index contributed by atoms with van der Waals surface area (Å²) in [4.78, 5) is 13.7. The minimum absolute atomic E-state index is 0.128. The molecule has 3 nitrogen and oxygen atoms in total. The lowest BCUT2D eigenvalue weighted by atomic mass is 9.98. The van der Waals surface area contributed by atoms with Crippen molar-refractivity contribution < 1.29 is 4.79 Å². The Labute approximate surface area is 104 Å². The van der Waals surface area contributed by atoms with E-state index >= 15 is 0 Å². The van der Waals surface area contributed by atoms with Gasteiger partial charge in [-0.3, -0.25) is 4.79 Å². The average molecular weight is 234 g/mol. The largest absolute Gasteiger partial charge is 0.355 e. The topological polar surface area (TPSA) is 32.3 Å². The molecule has 0 heterocycles. The molecular weight excluding hydrogens is 212 g/mol. The molecule has 1 unspecified atom stereocenters. The lowest BCUT2D eigenvalue weighted by Crippen LogP contribution is -2.31. The molecule has 0 bridgehead atoms. The second-order valence-electron chi connectivity index (χ2n) is 4.67. The van der Waals surface area contributed by atoms with E-state index in [0.29, 0.717) is 13.0 Å². The summed E-state index contributed by atoms with van der Waals surface area (Å²) in [6.45, 7) is 3.68. The lowest BCUT2D eigenvalue weighted by Gasteiger charge is -2.13. The first-order valence-corrected chi connectivity index (χ1v) is 6.06. The molecule has 0 aromatic heterocycles. The van der Waals surface area contributed by atoms with Crippen molar-refractivity contribution in [3.05, 3.63) is 35.9 Å². The Morgan fingerprint density at radius 1 is 1.29 bits per heavy atom. The van der Waals surface area contributed by atoms with Gasteiger partial charge in [0.1, 0.15) is 0 Å². The summed E-state index contributed by atoms with van der Waals surface area (Å²) in [5.74, 6) is 0.402. The molecule has 0 aliphatic carbocycles. The number of hydrogen-bond donors (Lipinski definition) is 1. The van der Waals surface area contributed by atoms with Crippen LogP contribution in [0.1, 0.15) is 24.8 Å². The van der Waals surface area contributed by atoms with Crippen LogP contribution < -0.4 is 5.32 Å². The fourth-order valence-electron chi connectivity index (χ4n) is 1.67. The minimum atomic E-state index is 0.128. The number of hydrogen-bond acceptors (Lipinski definition) is 2. The maximum Gasteiger partial charge on any atom is 0.220 e. The number of nitrogens with one attached hydrogen (secondary N) is 1. The smallest absolute Gasteiger partial charge is 0.220 e. The molecule has 0 fully saturated rings. The van der Waals surface area contributed by atoms with Gasteiger partial charge in [0.25, 0.3) is 0 Å². The van der Waals surface area contributed by atoms with Crippen molar-refractivity contribution in [3.63, 3.8) is 0 Å².